The molecular weight excluding hydrogens is 367 g/mol. The number of nitrogens with two attached hydrogens (primary N) is 1. The number of hydrogen-bond donors (Lipinski definition) is 1. The summed E-state index contributed by atoms with van der Waals surface area (Å²) < 4.78 is 6.63. The van der Waals surface area contributed by atoms with Gasteiger partial charge in [0.15, 0.2) is 0 Å². The number of carbonyl (C=O) groups is 1. The van der Waals surface area contributed by atoms with Crippen LogP contribution in [0.1, 0.15) is 31.9 Å². The minimum atomic E-state index is -0.449. The van der Waals surface area contributed by atoms with Gasteiger partial charge in [0.1, 0.15) is 5.60 Å². The van der Waals surface area contributed by atoms with Crippen molar-refractivity contribution >= 4 is 34.4 Å². The molecule has 0 saturated heterocycles. The van der Waals surface area contributed by atoms with E-state index in [9.17, 15) is 4.79 Å². The van der Waals surface area contributed by atoms with Crippen LogP contribution in [-0.2, 0) is 17.6 Å². The van der Waals surface area contributed by atoms with Gasteiger partial charge in [0, 0.05) is 22.3 Å². The number of fused-ring (bicyclic) bond motifs is 1. The van der Waals surface area contributed by atoms with Gasteiger partial charge in [-0.3, -0.25) is 0 Å². The molecule has 5 heteroatoms. The fraction of sp³-hybridized carbons (Fsp3) is 0.533. The quantitative estimate of drug-likeness (QED) is 0.549. The zero-order valence-electron chi connectivity index (χ0n) is 12.2. The molecule has 2 rings (SSSR count). The molecule has 0 unspecified atom stereocenters. The number of nitrogens with zero attached hydrogens (tertiary/aromatic N) is 1. The highest BCUT2D eigenvalue weighted by Crippen LogP contribution is 2.25. The number of anilines is 1. The summed E-state index contributed by atoms with van der Waals surface area (Å²) in [6.45, 7) is 7.05. The molecule has 1 aliphatic heterocycles. The average molecular weight is 388 g/mol. The Hall–Kier alpha value is -0.980. The summed E-state index contributed by atoms with van der Waals surface area (Å²) in [5, 5.41) is 0. The van der Waals surface area contributed by atoms with Crippen LogP contribution in [0.3, 0.4) is 0 Å². The second kappa shape index (κ2) is 5.79. The summed E-state index contributed by atoms with van der Waals surface area (Å²) in [6.07, 6.45) is 1.45. The molecule has 0 fully saturated rings. The zero-order chi connectivity index (χ0) is 14.9. The number of hydrogen-bond acceptors (Lipinski definition) is 3. The van der Waals surface area contributed by atoms with Crippen LogP contribution in [0.25, 0.3) is 0 Å². The van der Waals surface area contributed by atoms with Crippen LogP contribution in [0.4, 0.5) is 10.5 Å². The summed E-state index contributed by atoms with van der Waals surface area (Å²) in [7, 11) is 0. The van der Waals surface area contributed by atoms with Crippen molar-refractivity contribution in [2.24, 2.45) is 0 Å². The van der Waals surface area contributed by atoms with E-state index in [1.165, 1.54) is 14.7 Å². The lowest BCUT2D eigenvalue weighted by Gasteiger charge is -2.26. The van der Waals surface area contributed by atoms with Crippen LogP contribution >= 0.6 is 22.6 Å². The zero-order valence-corrected chi connectivity index (χ0v) is 14.4. The minimum Gasteiger partial charge on any atom is -0.444 e. The van der Waals surface area contributed by atoms with Crippen LogP contribution in [0.5, 0.6) is 0 Å². The van der Waals surface area contributed by atoms with E-state index in [1.54, 1.807) is 4.90 Å². The Kier molecular flexibility index (Phi) is 4.46. The molecule has 2 N–H and O–H groups in total. The summed E-state index contributed by atoms with van der Waals surface area (Å²) in [5.41, 5.74) is 8.80. The van der Waals surface area contributed by atoms with Gasteiger partial charge < -0.3 is 15.4 Å². The molecule has 0 saturated carbocycles. The SMILES string of the molecule is CC(C)(C)OC(=O)N1CCc2cc(N)cc(I)c2CC1. The molecule has 0 spiro atoms. The Balaban J connectivity index is 2.12. The molecule has 110 valence electrons. The topological polar surface area (TPSA) is 55.6 Å². The smallest absolute Gasteiger partial charge is 0.410 e. The van der Waals surface area contributed by atoms with Crippen molar-refractivity contribution in [1.82, 2.24) is 4.90 Å². The lowest BCUT2D eigenvalue weighted by atomic mass is 10.0. The number of benzene rings is 1. The van der Waals surface area contributed by atoms with Crippen molar-refractivity contribution in [3.63, 3.8) is 0 Å². The molecule has 1 heterocycles. The van der Waals surface area contributed by atoms with Gasteiger partial charge in [-0.25, -0.2) is 4.79 Å². The highest BCUT2D eigenvalue weighted by Gasteiger charge is 2.24. The van der Waals surface area contributed by atoms with E-state index >= 15 is 0 Å². The summed E-state index contributed by atoms with van der Waals surface area (Å²) >= 11 is 2.32. The first-order valence-electron chi connectivity index (χ1n) is 6.81. The molecular formula is C15H21IN2O2. The molecule has 1 aliphatic rings. The average Bonchev–Trinajstić information content (AvgIpc) is 2.49. The standard InChI is InChI=1S/C15H21IN2O2/c1-15(2,3)20-14(19)18-6-4-10-8-11(17)9-13(16)12(10)5-7-18/h8-9H,4-7,17H2,1-3H3. The molecule has 1 aromatic rings. The highest BCUT2D eigenvalue weighted by atomic mass is 127. The maximum atomic E-state index is 12.1. The lowest BCUT2D eigenvalue weighted by Crippen LogP contribution is -2.38. The largest absolute Gasteiger partial charge is 0.444 e. The van der Waals surface area contributed by atoms with Crippen LogP contribution in [-0.4, -0.2) is 29.7 Å². The van der Waals surface area contributed by atoms with Crippen molar-refractivity contribution in [1.29, 1.82) is 0 Å². The first kappa shape index (κ1) is 15.4. The summed E-state index contributed by atoms with van der Waals surface area (Å²) in [4.78, 5) is 13.9. The molecule has 0 aromatic heterocycles. The van der Waals surface area contributed by atoms with Gasteiger partial charge in [-0.15, -0.1) is 0 Å². The van der Waals surface area contributed by atoms with Crippen LogP contribution in [0.2, 0.25) is 0 Å². The van der Waals surface area contributed by atoms with E-state index in [-0.39, 0.29) is 6.09 Å². The van der Waals surface area contributed by atoms with E-state index in [0.29, 0.717) is 13.1 Å². The van der Waals surface area contributed by atoms with E-state index in [0.717, 1.165) is 18.5 Å². The molecule has 1 aromatic carbocycles. The third-order valence-electron chi connectivity index (χ3n) is 3.24. The van der Waals surface area contributed by atoms with Gasteiger partial charge in [0.05, 0.1) is 0 Å². The Morgan fingerprint density at radius 3 is 2.60 bits per heavy atom. The van der Waals surface area contributed by atoms with E-state index in [2.05, 4.69) is 22.6 Å². The monoisotopic (exact) mass is 388 g/mol. The fourth-order valence-electron chi connectivity index (χ4n) is 2.34. The molecule has 0 aliphatic carbocycles. The second-order valence-electron chi connectivity index (χ2n) is 6.11. The minimum absolute atomic E-state index is 0.228. The van der Waals surface area contributed by atoms with Crippen molar-refractivity contribution in [2.45, 2.75) is 39.2 Å². The highest BCUT2D eigenvalue weighted by molar-refractivity contribution is 14.1. The number of ether oxygens (including phenoxy) is 1. The fourth-order valence-corrected chi connectivity index (χ4v) is 3.32. The first-order chi connectivity index (χ1) is 9.26. The van der Waals surface area contributed by atoms with Crippen molar-refractivity contribution in [3.05, 3.63) is 26.8 Å². The predicted octanol–water partition coefficient (Wildman–Crippen LogP) is 3.21. The van der Waals surface area contributed by atoms with Gasteiger partial charge >= 0.3 is 6.09 Å². The van der Waals surface area contributed by atoms with Crippen LogP contribution in [0.15, 0.2) is 12.1 Å². The first-order valence-corrected chi connectivity index (χ1v) is 7.89. The third kappa shape index (κ3) is 3.77. The molecule has 0 bridgehead atoms. The van der Waals surface area contributed by atoms with Gasteiger partial charge in [-0.1, -0.05) is 0 Å². The van der Waals surface area contributed by atoms with E-state index in [4.69, 9.17) is 10.5 Å². The van der Waals surface area contributed by atoms with Crippen LogP contribution < -0.4 is 5.73 Å². The molecule has 1 amide bonds. The molecule has 4 nitrogen and oxygen atoms in total. The molecule has 0 radical (unpaired) electrons. The molecule has 0 atom stereocenters. The van der Waals surface area contributed by atoms with E-state index < -0.39 is 5.60 Å². The summed E-state index contributed by atoms with van der Waals surface area (Å²) in [6, 6.07) is 4.01. The maximum Gasteiger partial charge on any atom is 0.410 e. The number of carbonyl (C=O) groups excluding carboxylic acids is 1. The lowest BCUT2D eigenvalue weighted by molar-refractivity contribution is 0.0258. The maximum absolute atomic E-state index is 12.1. The number of amides is 1. The Morgan fingerprint density at radius 1 is 1.30 bits per heavy atom. The third-order valence-corrected chi connectivity index (χ3v) is 4.21. The number of nitrogen functional groups attached to an aromatic ring is 1. The van der Waals surface area contributed by atoms with E-state index in [1.807, 2.05) is 32.9 Å². The summed E-state index contributed by atoms with van der Waals surface area (Å²) in [5.74, 6) is 0. The Morgan fingerprint density at radius 2 is 1.95 bits per heavy atom. The normalized spacial score (nSPS) is 15.5. The van der Waals surface area contributed by atoms with Gasteiger partial charge in [-0.05, 0) is 79.5 Å². The van der Waals surface area contributed by atoms with Crippen molar-refractivity contribution < 1.29 is 9.53 Å². The molecule has 20 heavy (non-hydrogen) atoms. The van der Waals surface area contributed by atoms with Crippen LogP contribution in [0, 0.1) is 3.57 Å². The van der Waals surface area contributed by atoms with Crippen molar-refractivity contribution in [3.8, 4) is 0 Å². The Bertz CT molecular complexity index is 523. The predicted molar refractivity (Wildman–Crippen MR) is 88.8 cm³/mol. The Labute approximate surface area is 133 Å². The van der Waals surface area contributed by atoms with Gasteiger partial charge in [0.25, 0.3) is 0 Å². The number of halogens is 1. The van der Waals surface area contributed by atoms with Crippen molar-refractivity contribution in [2.75, 3.05) is 18.8 Å². The second-order valence-corrected chi connectivity index (χ2v) is 7.27. The van der Waals surface area contributed by atoms with Gasteiger partial charge in [-0.2, -0.15) is 0 Å². The number of rotatable bonds is 0. The van der Waals surface area contributed by atoms with Gasteiger partial charge in [0.2, 0.25) is 0 Å².